The molecule has 0 atom stereocenters. The third-order valence-corrected chi connectivity index (χ3v) is 17.8. The van der Waals surface area contributed by atoms with Crippen LogP contribution in [0.1, 0.15) is 34.1 Å². The second kappa shape index (κ2) is 7.84. The predicted octanol–water partition coefficient (Wildman–Crippen LogP) is 3.81. The third-order valence-electron chi connectivity index (χ3n) is 4.05. The van der Waals surface area contributed by atoms with Crippen LogP contribution < -0.4 is 4.72 Å². The molecule has 0 aromatic carbocycles. The van der Waals surface area contributed by atoms with E-state index in [9.17, 15) is 21.6 Å². The Morgan fingerprint density at radius 3 is 1.90 bits per heavy atom. The van der Waals surface area contributed by atoms with E-state index in [0.717, 1.165) is 15.8 Å². The molecule has 0 saturated carbocycles. The fourth-order valence-electron chi connectivity index (χ4n) is 2.55. The minimum absolute atomic E-state index is 0.186. The van der Waals surface area contributed by atoms with Crippen LogP contribution in [-0.4, -0.2) is 33.7 Å². The summed E-state index contributed by atoms with van der Waals surface area (Å²) in [5.74, 6) is 0. The molecule has 0 bridgehead atoms. The zero-order valence-electron chi connectivity index (χ0n) is 12.5. The van der Waals surface area contributed by atoms with Gasteiger partial charge in [0.15, 0.2) is 0 Å². The summed E-state index contributed by atoms with van der Waals surface area (Å²) in [7, 11) is -5.22. The van der Waals surface area contributed by atoms with E-state index in [1.54, 1.807) is 4.72 Å². The molecule has 0 aromatic rings. The van der Waals surface area contributed by atoms with Crippen molar-refractivity contribution in [3.05, 3.63) is 10.5 Å². The van der Waals surface area contributed by atoms with Crippen molar-refractivity contribution in [3.8, 4) is 0 Å². The first kappa shape index (κ1) is 20.0. The second-order valence-corrected chi connectivity index (χ2v) is 17.7. The summed E-state index contributed by atoms with van der Waals surface area (Å²) in [4.78, 5) is 0. The van der Waals surface area contributed by atoms with Crippen molar-refractivity contribution in [2.24, 2.45) is 0 Å². The van der Waals surface area contributed by atoms with Gasteiger partial charge in [-0.2, -0.15) is 0 Å². The molecule has 1 N–H and O–H groups in total. The van der Waals surface area contributed by atoms with Gasteiger partial charge in [0.2, 0.25) is 0 Å². The van der Waals surface area contributed by atoms with Gasteiger partial charge in [-0.05, 0) is 0 Å². The van der Waals surface area contributed by atoms with Crippen molar-refractivity contribution in [1.29, 1.82) is 0 Å². The molecule has 0 aliphatic carbocycles. The summed E-state index contributed by atoms with van der Waals surface area (Å²) in [6, 6.07) is 0. The molecule has 3 nitrogen and oxygen atoms in total. The molecule has 0 saturated heterocycles. The normalized spacial score (nSPS) is 14.7. The zero-order valence-corrected chi connectivity index (χ0v) is 15.4. The van der Waals surface area contributed by atoms with Crippen molar-refractivity contribution in [2.45, 2.75) is 55.4 Å². The molecular weight excluding hydrogens is 352 g/mol. The van der Waals surface area contributed by atoms with E-state index in [1.807, 2.05) is 13.0 Å². The van der Waals surface area contributed by atoms with E-state index in [1.165, 1.54) is 4.41 Å². The van der Waals surface area contributed by atoms with Gasteiger partial charge in [-0.1, -0.05) is 0 Å². The maximum absolute atomic E-state index is 12.2. The zero-order chi connectivity index (χ0) is 16.0. The number of alkyl halides is 3. The SMILES string of the molecule is C/C=[C](\CCNS(=O)(=O)C(F)(F)F)[Ge]([CH2]C)([CH2]C)[CH2]C. The van der Waals surface area contributed by atoms with Crippen LogP contribution in [0.15, 0.2) is 10.5 Å². The van der Waals surface area contributed by atoms with E-state index in [-0.39, 0.29) is 6.54 Å². The molecule has 120 valence electrons. The molecule has 20 heavy (non-hydrogen) atoms. The van der Waals surface area contributed by atoms with Crippen LogP contribution >= 0.6 is 0 Å². The Morgan fingerprint density at radius 1 is 1.15 bits per heavy atom. The molecule has 0 fully saturated rings. The van der Waals surface area contributed by atoms with E-state index in [4.69, 9.17) is 0 Å². The molecule has 0 amide bonds. The standard InChI is InChI=1S/C12H24F3GeNO2S/c1-5-11(16(6-2,7-3)8-4)9-10-17-20(18,19)12(13,14)15/h5,17H,6-10H2,1-4H3/b11-5+. The molecule has 0 aromatic heterocycles. The summed E-state index contributed by atoms with van der Waals surface area (Å²) in [6.45, 7) is 8.06. The number of hydrogen-bond donors (Lipinski definition) is 1. The Hall–Kier alpha value is -0.0171. The van der Waals surface area contributed by atoms with Gasteiger partial charge in [-0.3, -0.25) is 0 Å². The molecular formula is C12H24F3GeNO2S. The van der Waals surface area contributed by atoms with Gasteiger partial charge in [0.05, 0.1) is 0 Å². The van der Waals surface area contributed by atoms with E-state index < -0.39 is 28.8 Å². The van der Waals surface area contributed by atoms with Crippen LogP contribution in [0.25, 0.3) is 0 Å². The molecule has 0 spiro atoms. The average Bonchev–Trinajstić information content (AvgIpc) is 2.37. The molecule has 0 aliphatic rings. The Labute approximate surface area is 122 Å². The fourth-order valence-corrected chi connectivity index (χ4v) is 11.7. The third kappa shape index (κ3) is 4.77. The number of hydrogen-bond acceptors (Lipinski definition) is 2. The van der Waals surface area contributed by atoms with Crippen molar-refractivity contribution < 1.29 is 21.6 Å². The van der Waals surface area contributed by atoms with Gasteiger partial charge < -0.3 is 0 Å². The summed E-state index contributed by atoms with van der Waals surface area (Å²) in [5.41, 5.74) is -5.23. The Bertz CT molecular complexity index is 420. The summed E-state index contributed by atoms with van der Waals surface area (Å²) < 4.78 is 61.4. The van der Waals surface area contributed by atoms with Crippen LogP contribution in [-0.2, 0) is 10.0 Å². The number of halogens is 3. The van der Waals surface area contributed by atoms with E-state index in [0.29, 0.717) is 6.42 Å². The van der Waals surface area contributed by atoms with E-state index in [2.05, 4.69) is 20.8 Å². The van der Waals surface area contributed by atoms with Gasteiger partial charge in [0, 0.05) is 0 Å². The molecule has 0 radical (unpaired) electrons. The van der Waals surface area contributed by atoms with Crippen LogP contribution in [0.2, 0.25) is 15.8 Å². The van der Waals surface area contributed by atoms with E-state index >= 15 is 0 Å². The average molecular weight is 376 g/mol. The Morgan fingerprint density at radius 2 is 1.60 bits per heavy atom. The van der Waals surface area contributed by atoms with Gasteiger partial charge in [-0.15, -0.1) is 0 Å². The van der Waals surface area contributed by atoms with Crippen molar-refractivity contribution >= 4 is 23.3 Å². The molecule has 0 rings (SSSR count). The van der Waals surface area contributed by atoms with Crippen LogP contribution in [0.5, 0.6) is 0 Å². The first-order chi connectivity index (χ1) is 9.10. The Kier molecular flexibility index (Phi) is 7.83. The van der Waals surface area contributed by atoms with Crippen LogP contribution in [0.3, 0.4) is 0 Å². The first-order valence-corrected chi connectivity index (χ1v) is 13.8. The monoisotopic (exact) mass is 377 g/mol. The van der Waals surface area contributed by atoms with Crippen molar-refractivity contribution in [3.63, 3.8) is 0 Å². The van der Waals surface area contributed by atoms with Gasteiger partial charge in [0.25, 0.3) is 0 Å². The fraction of sp³-hybridized carbons (Fsp3) is 0.833. The number of sulfonamides is 1. The quantitative estimate of drug-likeness (QED) is 0.655. The van der Waals surface area contributed by atoms with Crippen LogP contribution in [0, 0.1) is 0 Å². The molecule has 0 heterocycles. The molecule has 0 aliphatic heterocycles. The number of rotatable bonds is 8. The molecule has 8 heteroatoms. The van der Waals surface area contributed by atoms with Crippen molar-refractivity contribution in [2.75, 3.05) is 6.54 Å². The maximum atomic E-state index is 12.2. The van der Waals surface area contributed by atoms with Gasteiger partial charge in [0.1, 0.15) is 0 Å². The molecule has 0 unspecified atom stereocenters. The Balaban J connectivity index is 4.81. The minimum atomic E-state index is -5.23. The predicted molar refractivity (Wildman–Crippen MR) is 78.5 cm³/mol. The number of allylic oxidation sites excluding steroid dienone is 1. The second-order valence-electron chi connectivity index (χ2n) is 4.75. The van der Waals surface area contributed by atoms with Crippen molar-refractivity contribution in [1.82, 2.24) is 4.72 Å². The van der Waals surface area contributed by atoms with Gasteiger partial charge >= 0.3 is 122 Å². The summed E-state index contributed by atoms with van der Waals surface area (Å²) in [5, 5.41) is 3.20. The first-order valence-electron chi connectivity index (χ1n) is 6.81. The summed E-state index contributed by atoms with van der Waals surface area (Å²) >= 11 is -2.20. The summed E-state index contributed by atoms with van der Waals surface area (Å²) in [6.07, 6.45) is 2.35. The topological polar surface area (TPSA) is 46.2 Å². The van der Waals surface area contributed by atoms with Gasteiger partial charge in [-0.25, -0.2) is 0 Å². The number of nitrogens with one attached hydrogen (secondary N) is 1. The van der Waals surface area contributed by atoms with Crippen LogP contribution in [0.4, 0.5) is 13.2 Å².